The van der Waals surface area contributed by atoms with Crippen molar-refractivity contribution in [2.24, 2.45) is 0 Å². The number of benzene rings is 2. The molecule has 0 fully saturated rings. The Kier molecular flexibility index (Phi) is 6.54. The molecule has 2 N–H and O–H groups in total. The molecular weight excluding hydrogens is 344 g/mol. The van der Waals surface area contributed by atoms with Crippen LogP contribution in [0.5, 0.6) is 0 Å². The number of esters is 1. The molecule has 2 aromatic rings. The highest BCUT2D eigenvalue weighted by Gasteiger charge is 2.10. The number of hydrogen-bond acceptors (Lipinski definition) is 4. The van der Waals surface area contributed by atoms with Gasteiger partial charge in [0.15, 0.2) is 0 Å². The molecule has 25 heavy (non-hydrogen) atoms. The quantitative estimate of drug-likeness (QED) is 0.612. The van der Waals surface area contributed by atoms with E-state index < -0.39 is 17.8 Å². The first kappa shape index (κ1) is 18.5. The van der Waals surface area contributed by atoms with Gasteiger partial charge < -0.3 is 15.4 Å². The summed E-state index contributed by atoms with van der Waals surface area (Å²) < 4.78 is 4.59. The fraction of sp³-hybridized carbons (Fsp3) is 0.167. The van der Waals surface area contributed by atoms with Crippen LogP contribution < -0.4 is 10.6 Å². The van der Waals surface area contributed by atoms with E-state index in [1.807, 2.05) is 0 Å². The van der Waals surface area contributed by atoms with E-state index >= 15 is 0 Å². The molecule has 7 heteroatoms. The van der Waals surface area contributed by atoms with E-state index in [9.17, 15) is 14.4 Å². The van der Waals surface area contributed by atoms with Crippen molar-refractivity contribution in [2.75, 3.05) is 12.4 Å². The van der Waals surface area contributed by atoms with Crippen molar-refractivity contribution in [3.63, 3.8) is 0 Å². The molecule has 0 heterocycles. The molecule has 0 radical (unpaired) electrons. The molecule has 0 spiro atoms. The Balaban J connectivity index is 1.80. The summed E-state index contributed by atoms with van der Waals surface area (Å²) in [6, 6.07) is 13.2. The van der Waals surface area contributed by atoms with Crippen molar-refractivity contribution in [3.8, 4) is 0 Å². The predicted octanol–water partition coefficient (Wildman–Crippen LogP) is 2.77. The van der Waals surface area contributed by atoms with Crippen LogP contribution in [0.4, 0.5) is 5.69 Å². The number of ether oxygens (including phenoxy) is 1. The number of carbonyl (C=O) groups excluding carboxylic acids is 3. The summed E-state index contributed by atoms with van der Waals surface area (Å²) in [5.74, 6) is -1.29. The molecule has 2 amide bonds. The number of carbonyl (C=O) groups is 3. The number of amides is 2. The van der Waals surface area contributed by atoms with Crippen molar-refractivity contribution < 1.29 is 19.1 Å². The summed E-state index contributed by atoms with van der Waals surface area (Å²) in [5.41, 5.74) is 1.75. The van der Waals surface area contributed by atoms with Crippen molar-refractivity contribution in [1.82, 2.24) is 5.32 Å². The van der Waals surface area contributed by atoms with Gasteiger partial charge >= 0.3 is 5.97 Å². The van der Waals surface area contributed by atoms with Gasteiger partial charge in [-0.2, -0.15) is 0 Å². The smallest absolute Gasteiger partial charge is 0.337 e. The predicted molar refractivity (Wildman–Crippen MR) is 94.3 cm³/mol. The molecule has 0 aliphatic carbocycles. The third-order valence-corrected chi connectivity index (χ3v) is 3.57. The van der Waals surface area contributed by atoms with Gasteiger partial charge in [0.2, 0.25) is 11.8 Å². The molecule has 6 nitrogen and oxygen atoms in total. The third kappa shape index (κ3) is 5.93. The summed E-state index contributed by atoms with van der Waals surface area (Å²) in [6.45, 7) is 0.317. The van der Waals surface area contributed by atoms with Crippen LogP contribution >= 0.6 is 11.6 Å². The summed E-state index contributed by atoms with van der Waals surface area (Å²) in [6.07, 6.45) is -0.299. The maximum atomic E-state index is 11.9. The molecule has 0 bridgehead atoms. The van der Waals surface area contributed by atoms with Crippen LogP contribution in [-0.4, -0.2) is 24.9 Å². The second-order valence-electron chi connectivity index (χ2n) is 5.20. The lowest BCUT2D eigenvalue weighted by molar-refractivity contribution is -0.126. The number of methoxy groups -OCH3 is 1. The fourth-order valence-corrected chi connectivity index (χ4v) is 2.15. The highest BCUT2D eigenvalue weighted by molar-refractivity contribution is 6.30. The Hall–Kier alpha value is -2.86. The highest BCUT2D eigenvalue weighted by atomic mass is 35.5. The minimum Gasteiger partial charge on any atom is -0.465 e. The summed E-state index contributed by atoms with van der Waals surface area (Å²) in [4.78, 5) is 35.0. The van der Waals surface area contributed by atoms with E-state index in [2.05, 4.69) is 15.4 Å². The van der Waals surface area contributed by atoms with Crippen LogP contribution in [0.15, 0.2) is 48.5 Å². The normalized spacial score (nSPS) is 10.0. The summed E-state index contributed by atoms with van der Waals surface area (Å²) >= 11 is 5.79. The van der Waals surface area contributed by atoms with Crippen LogP contribution in [0.3, 0.4) is 0 Å². The van der Waals surface area contributed by atoms with Gasteiger partial charge in [0, 0.05) is 17.3 Å². The zero-order valence-electron chi connectivity index (χ0n) is 13.5. The second kappa shape index (κ2) is 8.84. The van der Waals surface area contributed by atoms with E-state index in [-0.39, 0.29) is 6.42 Å². The van der Waals surface area contributed by atoms with E-state index in [1.165, 1.54) is 19.2 Å². The van der Waals surface area contributed by atoms with Gasteiger partial charge in [0.25, 0.3) is 0 Å². The standard InChI is InChI=1S/C18H17ClN2O4/c1-25-18(24)13-4-8-15(9-5-13)21-17(23)10-16(22)20-11-12-2-6-14(19)7-3-12/h2-9H,10-11H2,1H3,(H,20,22)(H,21,23). The van der Waals surface area contributed by atoms with Gasteiger partial charge in [0.1, 0.15) is 6.42 Å². The molecular formula is C18H17ClN2O4. The summed E-state index contributed by atoms with van der Waals surface area (Å²) in [7, 11) is 1.29. The fourth-order valence-electron chi connectivity index (χ4n) is 2.02. The van der Waals surface area contributed by atoms with E-state index in [1.54, 1.807) is 36.4 Å². The molecule has 130 valence electrons. The number of nitrogens with one attached hydrogen (secondary N) is 2. The van der Waals surface area contributed by atoms with E-state index in [0.29, 0.717) is 22.8 Å². The van der Waals surface area contributed by atoms with Crippen LogP contribution in [-0.2, 0) is 20.9 Å². The number of halogens is 1. The maximum absolute atomic E-state index is 11.9. The Morgan fingerprint density at radius 3 is 2.20 bits per heavy atom. The first-order valence-corrected chi connectivity index (χ1v) is 7.85. The molecule has 0 aliphatic rings. The first-order chi connectivity index (χ1) is 12.0. The zero-order chi connectivity index (χ0) is 18.2. The van der Waals surface area contributed by atoms with Gasteiger partial charge in [-0.25, -0.2) is 4.79 Å². The molecule has 0 unspecified atom stereocenters. The Labute approximate surface area is 150 Å². The number of anilines is 1. The van der Waals surface area contributed by atoms with Gasteiger partial charge in [0.05, 0.1) is 12.7 Å². The molecule has 0 saturated heterocycles. The van der Waals surface area contributed by atoms with Gasteiger partial charge in [-0.05, 0) is 42.0 Å². The lowest BCUT2D eigenvalue weighted by atomic mass is 10.2. The number of hydrogen-bond donors (Lipinski definition) is 2. The Bertz CT molecular complexity index is 758. The minimum absolute atomic E-state index is 0.299. The van der Waals surface area contributed by atoms with Gasteiger partial charge in [-0.1, -0.05) is 23.7 Å². The minimum atomic E-state index is -0.459. The monoisotopic (exact) mass is 360 g/mol. The van der Waals surface area contributed by atoms with E-state index in [0.717, 1.165) is 5.56 Å². The Morgan fingerprint density at radius 2 is 1.60 bits per heavy atom. The van der Waals surface area contributed by atoms with Crippen LogP contribution in [0, 0.1) is 0 Å². The SMILES string of the molecule is COC(=O)c1ccc(NC(=O)CC(=O)NCc2ccc(Cl)cc2)cc1. The van der Waals surface area contributed by atoms with Gasteiger partial charge in [-0.15, -0.1) is 0 Å². The largest absolute Gasteiger partial charge is 0.465 e. The molecule has 0 aromatic heterocycles. The van der Waals surface area contributed by atoms with Crippen LogP contribution in [0.2, 0.25) is 5.02 Å². The molecule has 0 aliphatic heterocycles. The molecule has 0 atom stereocenters. The third-order valence-electron chi connectivity index (χ3n) is 3.31. The lowest BCUT2D eigenvalue weighted by Gasteiger charge is -2.07. The van der Waals surface area contributed by atoms with Crippen molar-refractivity contribution in [3.05, 3.63) is 64.7 Å². The molecule has 2 rings (SSSR count). The lowest BCUT2D eigenvalue weighted by Crippen LogP contribution is -2.27. The zero-order valence-corrected chi connectivity index (χ0v) is 14.3. The van der Waals surface area contributed by atoms with Crippen molar-refractivity contribution in [2.45, 2.75) is 13.0 Å². The Morgan fingerprint density at radius 1 is 0.960 bits per heavy atom. The van der Waals surface area contributed by atoms with Crippen molar-refractivity contribution >= 4 is 35.1 Å². The van der Waals surface area contributed by atoms with Crippen LogP contribution in [0.1, 0.15) is 22.3 Å². The average Bonchev–Trinajstić information content (AvgIpc) is 2.61. The topological polar surface area (TPSA) is 84.5 Å². The highest BCUT2D eigenvalue weighted by Crippen LogP contribution is 2.11. The summed E-state index contributed by atoms with van der Waals surface area (Å²) in [5, 5.41) is 5.87. The second-order valence-corrected chi connectivity index (χ2v) is 5.63. The van der Waals surface area contributed by atoms with E-state index in [4.69, 9.17) is 11.6 Å². The van der Waals surface area contributed by atoms with Crippen LogP contribution in [0.25, 0.3) is 0 Å². The molecule has 2 aromatic carbocycles. The van der Waals surface area contributed by atoms with Gasteiger partial charge in [-0.3, -0.25) is 9.59 Å². The first-order valence-electron chi connectivity index (χ1n) is 7.47. The molecule has 0 saturated carbocycles. The average molecular weight is 361 g/mol. The van der Waals surface area contributed by atoms with Crippen molar-refractivity contribution in [1.29, 1.82) is 0 Å². The maximum Gasteiger partial charge on any atom is 0.337 e. The number of rotatable bonds is 6.